The number of hydrogen-bond donors (Lipinski definition) is 2. The highest BCUT2D eigenvalue weighted by molar-refractivity contribution is 7.89. The predicted molar refractivity (Wildman–Crippen MR) is 87.5 cm³/mol. The zero-order valence-electron chi connectivity index (χ0n) is 13.1. The Hall–Kier alpha value is -2.12. The van der Waals surface area contributed by atoms with E-state index in [-0.39, 0.29) is 23.3 Å². The van der Waals surface area contributed by atoms with Gasteiger partial charge in [0.05, 0.1) is 17.4 Å². The van der Waals surface area contributed by atoms with Gasteiger partial charge in [-0.1, -0.05) is 13.8 Å². The molecule has 0 aliphatic carbocycles. The quantitative estimate of drug-likeness (QED) is 0.812. The SMILES string of the molecule is CC(C)C(=O)Nc1ccc(S(=O)(=O)NCCc2ccoc2)cc1. The van der Waals surface area contributed by atoms with Gasteiger partial charge >= 0.3 is 0 Å². The average Bonchev–Trinajstić information content (AvgIpc) is 3.01. The summed E-state index contributed by atoms with van der Waals surface area (Å²) in [6.07, 6.45) is 3.69. The molecule has 23 heavy (non-hydrogen) atoms. The molecule has 1 heterocycles. The van der Waals surface area contributed by atoms with Crippen LogP contribution in [0.2, 0.25) is 0 Å². The highest BCUT2D eigenvalue weighted by Crippen LogP contribution is 2.15. The summed E-state index contributed by atoms with van der Waals surface area (Å²) in [7, 11) is -3.57. The summed E-state index contributed by atoms with van der Waals surface area (Å²) in [5.41, 5.74) is 1.50. The number of benzene rings is 1. The molecular formula is C16H20N2O4S. The maximum Gasteiger partial charge on any atom is 0.240 e. The zero-order valence-corrected chi connectivity index (χ0v) is 13.9. The van der Waals surface area contributed by atoms with Crippen molar-refractivity contribution in [3.05, 3.63) is 48.4 Å². The van der Waals surface area contributed by atoms with E-state index in [1.807, 2.05) is 0 Å². The van der Waals surface area contributed by atoms with Gasteiger partial charge in [0.25, 0.3) is 0 Å². The van der Waals surface area contributed by atoms with Crippen molar-refractivity contribution in [1.82, 2.24) is 4.72 Å². The smallest absolute Gasteiger partial charge is 0.240 e. The van der Waals surface area contributed by atoms with Gasteiger partial charge in [0, 0.05) is 18.2 Å². The summed E-state index contributed by atoms with van der Waals surface area (Å²) in [5, 5.41) is 2.72. The third-order valence-corrected chi connectivity index (χ3v) is 4.72. The molecule has 2 N–H and O–H groups in total. The molecule has 0 saturated carbocycles. The molecule has 0 unspecified atom stereocenters. The highest BCUT2D eigenvalue weighted by Gasteiger charge is 2.14. The van der Waals surface area contributed by atoms with Crippen LogP contribution in [0, 0.1) is 5.92 Å². The van der Waals surface area contributed by atoms with Crippen LogP contribution in [0.3, 0.4) is 0 Å². The Bertz CT molecular complexity index is 735. The predicted octanol–water partition coefficient (Wildman–Crippen LogP) is 2.40. The summed E-state index contributed by atoms with van der Waals surface area (Å²) >= 11 is 0. The van der Waals surface area contributed by atoms with Crippen LogP contribution >= 0.6 is 0 Å². The topological polar surface area (TPSA) is 88.4 Å². The van der Waals surface area contributed by atoms with Gasteiger partial charge < -0.3 is 9.73 Å². The van der Waals surface area contributed by atoms with Crippen LogP contribution < -0.4 is 10.0 Å². The molecule has 1 aromatic carbocycles. The molecule has 0 atom stereocenters. The average molecular weight is 336 g/mol. The van der Waals surface area contributed by atoms with Crippen molar-refractivity contribution in [3.63, 3.8) is 0 Å². The van der Waals surface area contributed by atoms with E-state index in [9.17, 15) is 13.2 Å². The van der Waals surface area contributed by atoms with Gasteiger partial charge in [-0.3, -0.25) is 4.79 Å². The van der Waals surface area contributed by atoms with E-state index in [0.717, 1.165) is 5.56 Å². The number of nitrogens with one attached hydrogen (secondary N) is 2. The third-order valence-electron chi connectivity index (χ3n) is 3.24. The third kappa shape index (κ3) is 4.94. The number of carbonyl (C=O) groups is 1. The lowest BCUT2D eigenvalue weighted by Crippen LogP contribution is -2.26. The van der Waals surface area contributed by atoms with Crippen molar-refractivity contribution >= 4 is 21.6 Å². The summed E-state index contributed by atoms with van der Waals surface area (Å²) in [4.78, 5) is 11.8. The largest absolute Gasteiger partial charge is 0.472 e. The first kappa shape index (κ1) is 17.2. The van der Waals surface area contributed by atoms with Crippen LogP contribution in [0.25, 0.3) is 0 Å². The van der Waals surface area contributed by atoms with E-state index in [1.54, 1.807) is 44.6 Å². The van der Waals surface area contributed by atoms with Gasteiger partial charge in [-0.25, -0.2) is 13.1 Å². The molecule has 124 valence electrons. The number of rotatable bonds is 7. The van der Waals surface area contributed by atoms with Crippen LogP contribution in [0.1, 0.15) is 19.4 Å². The lowest BCUT2D eigenvalue weighted by atomic mass is 10.2. The minimum absolute atomic E-state index is 0.112. The number of sulfonamides is 1. The Morgan fingerprint density at radius 3 is 2.43 bits per heavy atom. The molecule has 2 rings (SSSR count). The number of hydrogen-bond acceptors (Lipinski definition) is 4. The normalized spacial score (nSPS) is 11.6. The lowest BCUT2D eigenvalue weighted by molar-refractivity contribution is -0.118. The number of carbonyl (C=O) groups excluding carboxylic acids is 1. The minimum Gasteiger partial charge on any atom is -0.472 e. The molecule has 0 bridgehead atoms. The first-order valence-corrected chi connectivity index (χ1v) is 8.78. The van der Waals surface area contributed by atoms with E-state index in [2.05, 4.69) is 10.0 Å². The van der Waals surface area contributed by atoms with Gasteiger partial charge in [-0.15, -0.1) is 0 Å². The maximum absolute atomic E-state index is 12.2. The van der Waals surface area contributed by atoms with Gasteiger partial charge in [0.15, 0.2) is 0 Å². The molecule has 2 aromatic rings. The van der Waals surface area contributed by atoms with Gasteiger partial charge in [0.1, 0.15) is 0 Å². The second kappa shape index (κ2) is 7.43. The second-order valence-electron chi connectivity index (χ2n) is 5.45. The molecule has 1 aromatic heterocycles. The Labute approximate surface area is 135 Å². The summed E-state index contributed by atoms with van der Waals surface area (Å²) < 4.78 is 31.8. The van der Waals surface area contributed by atoms with Crippen molar-refractivity contribution in [1.29, 1.82) is 0 Å². The van der Waals surface area contributed by atoms with Crippen LogP contribution in [-0.4, -0.2) is 20.9 Å². The fourth-order valence-corrected chi connectivity index (χ4v) is 2.88. The molecule has 0 fully saturated rings. The monoisotopic (exact) mass is 336 g/mol. The number of anilines is 1. The molecule has 7 heteroatoms. The van der Waals surface area contributed by atoms with Crippen molar-refractivity contribution in [3.8, 4) is 0 Å². The summed E-state index contributed by atoms with van der Waals surface area (Å²) in [5.74, 6) is -0.248. The number of furan rings is 1. The van der Waals surface area contributed by atoms with Crippen molar-refractivity contribution < 1.29 is 17.6 Å². The van der Waals surface area contributed by atoms with E-state index in [0.29, 0.717) is 12.1 Å². The molecule has 0 saturated heterocycles. The van der Waals surface area contributed by atoms with E-state index in [4.69, 9.17) is 4.42 Å². The fourth-order valence-electron chi connectivity index (χ4n) is 1.85. The Kier molecular flexibility index (Phi) is 5.57. The van der Waals surface area contributed by atoms with Gasteiger partial charge in [0.2, 0.25) is 15.9 Å². The molecular weight excluding hydrogens is 316 g/mol. The Morgan fingerprint density at radius 1 is 1.17 bits per heavy atom. The fraction of sp³-hybridized carbons (Fsp3) is 0.312. The van der Waals surface area contributed by atoms with E-state index >= 15 is 0 Å². The second-order valence-corrected chi connectivity index (χ2v) is 7.21. The Morgan fingerprint density at radius 2 is 1.87 bits per heavy atom. The maximum atomic E-state index is 12.2. The van der Waals surface area contributed by atoms with E-state index in [1.165, 1.54) is 12.1 Å². The van der Waals surface area contributed by atoms with Gasteiger partial charge in [-0.2, -0.15) is 0 Å². The molecule has 6 nitrogen and oxygen atoms in total. The standard InChI is InChI=1S/C16H20N2O4S/c1-12(2)16(19)18-14-3-5-15(6-4-14)23(20,21)17-9-7-13-8-10-22-11-13/h3-6,8,10-12,17H,7,9H2,1-2H3,(H,18,19). The molecule has 1 amide bonds. The van der Waals surface area contributed by atoms with Crippen LogP contribution in [-0.2, 0) is 21.2 Å². The Balaban J connectivity index is 1.95. The van der Waals surface area contributed by atoms with Gasteiger partial charge in [-0.05, 0) is 42.3 Å². The first-order chi connectivity index (χ1) is 10.9. The van der Waals surface area contributed by atoms with Crippen LogP contribution in [0.5, 0.6) is 0 Å². The molecule has 0 aliphatic heterocycles. The molecule has 0 radical (unpaired) electrons. The minimum atomic E-state index is -3.57. The number of amides is 1. The lowest BCUT2D eigenvalue weighted by Gasteiger charge is -2.09. The first-order valence-electron chi connectivity index (χ1n) is 7.30. The highest BCUT2D eigenvalue weighted by atomic mass is 32.2. The molecule has 0 spiro atoms. The van der Waals surface area contributed by atoms with Crippen molar-refractivity contribution in [2.75, 3.05) is 11.9 Å². The molecule has 0 aliphatic rings. The zero-order chi connectivity index (χ0) is 16.9. The van der Waals surface area contributed by atoms with Crippen molar-refractivity contribution in [2.45, 2.75) is 25.2 Å². The van der Waals surface area contributed by atoms with E-state index < -0.39 is 10.0 Å². The summed E-state index contributed by atoms with van der Waals surface area (Å²) in [6, 6.07) is 7.88. The van der Waals surface area contributed by atoms with Crippen LogP contribution in [0.4, 0.5) is 5.69 Å². The summed E-state index contributed by atoms with van der Waals surface area (Å²) in [6.45, 7) is 3.86. The van der Waals surface area contributed by atoms with Crippen LogP contribution in [0.15, 0.2) is 52.2 Å². The van der Waals surface area contributed by atoms with Crippen molar-refractivity contribution in [2.24, 2.45) is 5.92 Å².